The smallest absolute Gasteiger partial charge is 0.389 e. The maximum absolute atomic E-state index is 12.9. The highest BCUT2D eigenvalue weighted by molar-refractivity contribution is 14.1. The summed E-state index contributed by atoms with van der Waals surface area (Å²) in [5.41, 5.74) is 5.64. The standard InChI is InChI=1S/C14H10F3IN2S/c15-14(16,17)12-6-5-10(7-11(12)13(19)21)20-9-3-1-8(18)2-4-9/h1-7,20H,(H2,19,21). The van der Waals surface area contributed by atoms with E-state index in [0.29, 0.717) is 5.69 Å². The summed E-state index contributed by atoms with van der Waals surface area (Å²) >= 11 is 6.88. The third kappa shape index (κ3) is 4.07. The molecule has 0 aliphatic heterocycles. The van der Waals surface area contributed by atoms with Crippen molar-refractivity contribution in [2.45, 2.75) is 6.18 Å². The van der Waals surface area contributed by atoms with Gasteiger partial charge in [-0.3, -0.25) is 0 Å². The van der Waals surface area contributed by atoms with Crippen molar-refractivity contribution < 1.29 is 13.2 Å². The Balaban J connectivity index is 2.36. The van der Waals surface area contributed by atoms with Crippen LogP contribution in [-0.4, -0.2) is 4.99 Å². The van der Waals surface area contributed by atoms with Crippen LogP contribution < -0.4 is 11.1 Å². The monoisotopic (exact) mass is 422 g/mol. The van der Waals surface area contributed by atoms with Crippen molar-refractivity contribution in [2.75, 3.05) is 5.32 Å². The number of halogens is 4. The highest BCUT2D eigenvalue weighted by Crippen LogP contribution is 2.33. The summed E-state index contributed by atoms with van der Waals surface area (Å²) in [6.07, 6.45) is -4.49. The third-order valence-corrected chi connectivity index (χ3v) is 3.66. The molecule has 3 N–H and O–H groups in total. The first-order valence-electron chi connectivity index (χ1n) is 5.81. The fourth-order valence-electron chi connectivity index (χ4n) is 1.77. The Kier molecular flexibility index (Phi) is 4.72. The second-order valence-electron chi connectivity index (χ2n) is 4.25. The number of hydrogen-bond donors (Lipinski definition) is 2. The van der Waals surface area contributed by atoms with Gasteiger partial charge in [0, 0.05) is 20.5 Å². The lowest BCUT2D eigenvalue weighted by molar-refractivity contribution is -0.137. The van der Waals surface area contributed by atoms with Crippen molar-refractivity contribution in [3.8, 4) is 0 Å². The van der Waals surface area contributed by atoms with Crippen molar-refractivity contribution in [2.24, 2.45) is 5.73 Å². The summed E-state index contributed by atoms with van der Waals surface area (Å²) < 4.78 is 39.7. The molecule has 0 amide bonds. The van der Waals surface area contributed by atoms with Crippen LogP contribution in [0.2, 0.25) is 0 Å². The summed E-state index contributed by atoms with van der Waals surface area (Å²) in [4.78, 5) is -0.284. The van der Waals surface area contributed by atoms with Crippen LogP contribution in [0.5, 0.6) is 0 Å². The fourth-order valence-corrected chi connectivity index (χ4v) is 2.30. The molecule has 0 heterocycles. The van der Waals surface area contributed by atoms with E-state index in [1.807, 2.05) is 24.3 Å². The Hall–Kier alpha value is -1.35. The molecule has 21 heavy (non-hydrogen) atoms. The zero-order chi connectivity index (χ0) is 15.6. The summed E-state index contributed by atoms with van der Waals surface area (Å²) in [5, 5.41) is 3.02. The molecular formula is C14H10F3IN2S. The molecule has 0 fully saturated rings. The lowest BCUT2D eigenvalue weighted by Crippen LogP contribution is -2.18. The minimum absolute atomic E-state index is 0.187. The van der Waals surface area contributed by atoms with Crippen LogP contribution >= 0.6 is 34.8 Å². The Morgan fingerprint density at radius 2 is 1.62 bits per heavy atom. The van der Waals surface area contributed by atoms with Crippen LogP contribution in [0.4, 0.5) is 24.5 Å². The molecule has 110 valence electrons. The predicted molar refractivity (Wildman–Crippen MR) is 89.8 cm³/mol. The number of hydrogen-bond acceptors (Lipinski definition) is 2. The molecule has 0 saturated heterocycles. The van der Waals surface area contributed by atoms with Crippen molar-refractivity contribution in [1.29, 1.82) is 0 Å². The molecule has 2 nitrogen and oxygen atoms in total. The van der Waals surface area contributed by atoms with Crippen molar-refractivity contribution in [3.63, 3.8) is 0 Å². The Bertz CT molecular complexity index is 669. The van der Waals surface area contributed by atoms with Crippen LogP contribution in [0.25, 0.3) is 0 Å². The van der Waals surface area contributed by atoms with E-state index in [9.17, 15) is 13.2 Å². The molecule has 0 aromatic heterocycles. The quantitative estimate of drug-likeness (QED) is 0.557. The van der Waals surface area contributed by atoms with E-state index in [1.165, 1.54) is 12.1 Å². The minimum atomic E-state index is -4.49. The van der Waals surface area contributed by atoms with Crippen LogP contribution in [-0.2, 0) is 6.18 Å². The second kappa shape index (κ2) is 6.18. The van der Waals surface area contributed by atoms with Gasteiger partial charge in [0.05, 0.1) is 5.56 Å². The van der Waals surface area contributed by atoms with Crippen LogP contribution in [0.3, 0.4) is 0 Å². The number of benzene rings is 2. The topological polar surface area (TPSA) is 38.0 Å². The maximum atomic E-state index is 12.9. The first-order valence-corrected chi connectivity index (χ1v) is 7.30. The van der Waals surface area contributed by atoms with E-state index in [2.05, 4.69) is 27.9 Å². The molecule has 0 unspecified atom stereocenters. The lowest BCUT2D eigenvalue weighted by atomic mass is 10.1. The third-order valence-electron chi connectivity index (χ3n) is 2.72. The number of nitrogens with one attached hydrogen (secondary N) is 1. The van der Waals surface area contributed by atoms with E-state index in [1.54, 1.807) is 0 Å². The molecule has 0 aliphatic carbocycles. The predicted octanol–water partition coefficient (Wildman–Crippen LogP) is 4.69. The normalized spacial score (nSPS) is 11.2. The summed E-state index contributed by atoms with van der Waals surface area (Å²) in [5.74, 6) is 0. The first kappa shape index (κ1) is 16.0. The molecular weight excluding hydrogens is 412 g/mol. The van der Waals surface area contributed by atoms with E-state index in [0.717, 1.165) is 15.3 Å². The van der Waals surface area contributed by atoms with Gasteiger partial charge in [0.1, 0.15) is 4.99 Å². The first-order chi connectivity index (χ1) is 9.77. The van der Waals surface area contributed by atoms with Gasteiger partial charge in [-0.15, -0.1) is 0 Å². The molecule has 7 heteroatoms. The van der Waals surface area contributed by atoms with E-state index < -0.39 is 11.7 Å². The van der Waals surface area contributed by atoms with Crippen molar-refractivity contribution in [3.05, 3.63) is 57.2 Å². The Morgan fingerprint density at radius 1 is 1.05 bits per heavy atom. The molecule has 0 spiro atoms. The second-order valence-corrected chi connectivity index (χ2v) is 5.94. The van der Waals surface area contributed by atoms with Gasteiger partial charge < -0.3 is 11.1 Å². The minimum Gasteiger partial charge on any atom is -0.389 e. The SMILES string of the molecule is NC(=S)c1cc(Nc2ccc(I)cc2)ccc1C(F)(F)F. The maximum Gasteiger partial charge on any atom is 0.417 e. The summed E-state index contributed by atoms with van der Waals surface area (Å²) in [6.45, 7) is 0. The van der Waals surface area contributed by atoms with Gasteiger partial charge in [-0.1, -0.05) is 12.2 Å². The molecule has 0 radical (unpaired) electrons. The zero-order valence-corrected chi connectivity index (χ0v) is 13.5. The van der Waals surface area contributed by atoms with Gasteiger partial charge >= 0.3 is 6.18 Å². The number of thiocarbonyl (C=S) groups is 1. The molecule has 2 aromatic carbocycles. The average Bonchev–Trinajstić information content (AvgIpc) is 2.40. The number of nitrogens with two attached hydrogens (primary N) is 1. The fraction of sp³-hybridized carbons (Fsp3) is 0.0714. The molecule has 2 aromatic rings. The van der Waals surface area contributed by atoms with E-state index in [4.69, 9.17) is 18.0 Å². The summed E-state index contributed by atoms with van der Waals surface area (Å²) in [6, 6.07) is 11.1. The van der Waals surface area contributed by atoms with Gasteiger partial charge in [0.15, 0.2) is 0 Å². The van der Waals surface area contributed by atoms with E-state index >= 15 is 0 Å². The summed E-state index contributed by atoms with van der Waals surface area (Å²) in [7, 11) is 0. The zero-order valence-electron chi connectivity index (χ0n) is 10.5. The Labute approximate surface area is 138 Å². The van der Waals surface area contributed by atoms with Crippen LogP contribution in [0.1, 0.15) is 11.1 Å². The van der Waals surface area contributed by atoms with Gasteiger partial charge in [0.25, 0.3) is 0 Å². The molecule has 0 saturated carbocycles. The van der Waals surface area contributed by atoms with Crippen LogP contribution in [0.15, 0.2) is 42.5 Å². The van der Waals surface area contributed by atoms with Gasteiger partial charge in [-0.2, -0.15) is 13.2 Å². The van der Waals surface area contributed by atoms with Gasteiger partial charge in [-0.25, -0.2) is 0 Å². The average molecular weight is 422 g/mol. The van der Waals surface area contributed by atoms with Gasteiger partial charge in [-0.05, 0) is 65.1 Å². The highest BCUT2D eigenvalue weighted by Gasteiger charge is 2.34. The van der Waals surface area contributed by atoms with Crippen molar-refractivity contribution >= 4 is 51.2 Å². The molecule has 2 rings (SSSR count). The molecule has 0 aliphatic rings. The Morgan fingerprint density at radius 3 is 2.14 bits per heavy atom. The lowest BCUT2D eigenvalue weighted by Gasteiger charge is -2.14. The number of anilines is 2. The molecule has 0 atom stereocenters. The largest absolute Gasteiger partial charge is 0.417 e. The van der Waals surface area contributed by atoms with Crippen molar-refractivity contribution in [1.82, 2.24) is 0 Å². The van der Waals surface area contributed by atoms with Gasteiger partial charge in [0.2, 0.25) is 0 Å². The molecule has 0 bridgehead atoms. The number of alkyl halides is 3. The highest BCUT2D eigenvalue weighted by atomic mass is 127. The van der Waals surface area contributed by atoms with E-state index in [-0.39, 0.29) is 10.6 Å². The number of rotatable bonds is 3. The van der Waals surface area contributed by atoms with Crippen LogP contribution in [0, 0.1) is 3.57 Å².